The third kappa shape index (κ3) is 2.06. The van der Waals surface area contributed by atoms with E-state index in [2.05, 4.69) is 16.5 Å². The Morgan fingerprint density at radius 2 is 2.00 bits per heavy atom. The van der Waals surface area contributed by atoms with Crippen LogP contribution in [0.25, 0.3) is 0 Å². The lowest BCUT2D eigenvalue weighted by Gasteiger charge is -1.95. The van der Waals surface area contributed by atoms with Gasteiger partial charge in [0.1, 0.15) is 5.00 Å². The van der Waals surface area contributed by atoms with Gasteiger partial charge >= 0.3 is 0 Å². The standard InChI is InChI=1S/C10H10N2S/c11-10-7-9(12-13-10)6-8-4-2-1-3-5-8/h1-5,7H,6,11H2. The number of benzene rings is 1. The summed E-state index contributed by atoms with van der Waals surface area (Å²) < 4.78 is 4.23. The van der Waals surface area contributed by atoms with Gasteiger partial charge in [0, 0.05) is 6.42 Å². The highest BCUT2D eigenvalue weighted by Crippen LogP contribution is 2.14. The maximum absolute atomic E-state index is 5.59. The van der Waals surface area contributed by atoms with Crippen LogP contribution in [0.3, 0.4) is 0 Å². The summed E-state index contributed by atoms with van der Waals surface area (Å²) in [6.45, 7) is 0. The van der Waals surface area contributed by atoms with Crippen molar-refractivity contribution in [2.75, 3.05) is 5.73 Å². The van der Waals surface area contributed by atoms with Gasteiger partial charge in [0.2, 0.25) is 0 Å². The van der Waals surface area contributed by atoms with Gasteiger partial charge in [-0.25, -0.2) is 0 Å². The van der Waals surface area contributed by atoms with Crippen molar-refractivity contribution in [2.24, 2.45) is 0 Å². The minimum atomic E-state index is 0.783. The predicted molar refractivity (Wildman–Crippen MR) is 55.8 cm³/mol. The molecule has 2 aromatic rings. The van der Waals surface area contributed by atoms with Gasteiger partial charge in [-0.05, 0) is 23.2 Å². The molecule has 0 aliphatic heterocycles. The minimum Gasteiger partial charge on any atom is -0.389 e. The van der Waals surface area contributed by atoms with Crippen LogP contribution in [0, 0.1) is 0 Å². The third-order valence-corrected chi connectivity index (χ3v) is 2.46. The maximum Gasteiger partial charge on any atom is 0.107 e. The van der Waals surface area contributed by atoms with E-state index in [0.29, 0.717) is 0 Å². The van der Waals surface area contributed by atoms with Crippen LogP contribution in [0.2, 0.25) is 0 Å². The molecule has 0 atom stereocenters. The largest absolute Gasteiger partial charge is 0.389 e. The average Bonchev–Trinajstić information content (AvgIpc) is 2.53. The van der Waals surface area contributed by atoms with E-state index in [0.717, 1.165) is 17.1 Å². The van der Waals surface area contributed by atoms with Crippen LogP contribution in [-0.2, 0) is 6.42 Å². The molecule has 66 valence electrons. The molecule has 2 rings (SSSR count). The van der Waals surface area contributed by atoms with Gasteiger partial charge in [0.15, 0.2) is 0 Å². The van der Waals surface area contributed by atoms with Gasteiger partial charge in [-0.1, -0.05) is 30.3 Å². The lowest BCUT2D eigenvalue weighted by Crippen LogP contribution is -1.86. The van der Waals surface area contributed by atoms with E-state index in [1.807, 2.05) is 24.3 Å². The van der Waals surface area contributed by atoms with Gasteiger partial charge in [0.05, 0.1) is 5.69 Å². The summed E-state index contributed by atoms with van der Waals surface area (Å²) in [5.74, 6) is 0. The van der Waals surface area contributed by atoms with Crippen molar-refractivity contribution in [3.8, 4) is 0 Å². The number of anilines is 1. The average molecular weight is 190 g/mol. The normalized spacial score (nSPS) is 10.2. The summed E-state index contributed by atoms with van der Waals surface area (Å²) in [7, 11) is 0. The Labute approximate surface area is 81.2 Å². The Kier molecular flexibility index (Phi) is 2.27. The zero-order valence-corrected chi connectivity index (χ0v) is 7.92. The van der Waals surface area contributed by atoms with Crippen molar-refractivity contribution < 1.29 is 0 Å². The van der Waals surface area contributed by atoms with Gasteiger partial charge in [-0.2, -0.15) is 4.37 Å². The fourth-order valence-electron chi connectivity index (χ4n) is 1.22. The van der Waals surface area contributed by atoms with Crippen LogP contribution >= 0.6 is 11.5 Å². The fourth-order valence-corrected chi connectivity index (χ4v) is 1.75. The molecule has 2 nitrogen and oxygen atoms in total. The topological polar surface area (TPSA) is 38.9 Å². The Bertz CT molecular complexity index is 381. The molecule has 3 heteroatoms. The number of rotatable bonds is 2. The maximum atomic E-state index is 5.59. The zero-order valence-electron chi connectivity index (χ0n) is 7.10. The first-order valence-corrected chi connectivity index (χ1v) is 4.87. The molecular weight excluding hydrogens is 180 g/mol. The van der Waals surface area contributed by atoms with Crippen LogP contribution in [0.4, 0.5) is 5.00 Å². The molecule has 0 amide bonds. The van der Waals surface area contributed by atoms with Crippen molar-refractivity contribution in [1.82, 2.24) is 4.37 Å². The molecule has 13 heavy (non-hydrogen) atoms. The lowest BCUT2D eigenvalue weighted by atomic mass is 10.1. The highest BCUT2D eigenvalue weighted by atomic mass is 32.1. The first-order chi connectivity index (χ1) is 6.34. The Balaban J connectivity index is 2.15. The summed E-state index contributed by atoms with van der Waals surface area (Å²) in [5.41, 5.74) is 7.91. The second-order valence-electron chi connectivity index (χ2n) is 2.88. The molecule has 0 saturated carbocycles. The highest BCUT2D eigenvalue weighted by molar-refractivity contribution is 7.10. The summed E-state index contributed by atoms with van der Waals surface area (Å²) in [5, 5.41) is 0.783. The van der Waals surface area contributed by atoms with Crippen molar-refractivity contribution in [2.45, 2.75) is 6.42 Å². The number of nitrogens with zero attached hydrogens (tertiary/aromatic N) is 1. The molecule has 0 bridgehead atoms. The summed E-state index contributed by atoms with van der Waals surface area (Å²) in [4.78, 5) is 0. The first-order valence-electron chi connectivity index (χ1n) is 4.09. The number of hydrogen-bond donors (Lipinski definition) is 1. The molecule has 1 aromatic heterocycles. The molecule has 1 aromatic carbocycles. The second kappa shape index (κ2) is 3.58. The van der Waals surface area contributed by atoms with E-state index in [4.69, 9.17) is 5.73 Å². The van der Waals surface area contributed by atoms with E-state index in [9.17, 15) is 0 Å². The lowest BCUT2D eigenvalue weighted by molar-refractivity contribution is 1.14. The molecule has 0 aliphatic rings. The summed E-state index contributed by atoms with van der Waals surface area (Å²) in [6, 6.07) is 12.2. The molecule has 0 aliphatic carbocycles. The van der Waals surface area contributed by atoms with Crippen LogP contribution in [0.1, 0.15) is 11.3 Å². The second-order valence-corrected chi connectivity index (χ2v) is 3.72. The molecule has 0 fully saturated rings. The van der Waals surface area contributed by atoms with Gasteiger partial charge in [-0.15, -0.1) is 0 Å². The highest BCUT2D eigenvalue weighted by Gasteiger charge is 1.99. The minimum absolute atomic E-state index is 0.783. The first kappa shape index (κ1) is 8.26. The zero-order chi connectivity index (χ0) is 9.10. The monoisotopic (exact) mass is 190 g/mol. The van der Waals surface area contributed by atoms with Crippen molar-refractivity contribution in [1.29, 1.82) is 0 Å². The van der Waals surface area contributed by atoms with Crippen molar-refractivity contribution in [3.63, 3.8) is 0 Å². The van der Waals surface area contributed by atoms with Crippen LogP contribution < -0.4 is 5.73 Å². The van der Waals surface area contributed by atoms with Crippen LogP contribution in [-0.4, -0.2) is 4.37 Å². The Morgan fingerprint density at radius 1 is 1.23 bits per heavy atom. The van der Waals surface area contributed by atoms with Crippen LogP contribution in [0.5, 0.6) is 0 Å². The smallest absolute Gasteiger partial charge is 0.107 e. The Hall–Kier alpha value is -1.35. The van der Waals surface area contributed by atoms with Crippen LogP contribution in [0.15, 0.2) is 36.4 Å². The third-order valence-electron chi connectivity index (χ3n) is 1.81. The Morgan fingerprint density at radius 3 is 2.62 bits per heavy atom. The van der Waals surface area contributed by atoms with E-state index >= 15 is 0 Å². The van der Waals surface area contributed by atoms with Crippen molar-refractivity contribution in [3.05, 3.63) is 47.7 Å². The fraction of sp³-hybridized carbons (Fsp3) is 0.100. The number of aromatic nitrogens is 1. The van der Waals surface area contributed by atoms with Gasteiger partial charge in [0.25, 0.3) is 0 Å². The van der Waals surface area contributed by atoms with Gasteiger partial charge in [-0.3, -0.25) is 0 Å². The molecule has 1 heterocycles. The van der Waals surface area contributed by atoms with E-state index in [1.165, 1.54) is 17.1 Å². The molecule has 0 radical (unpaired) electrons. The molecule has 0 spiro atoms. The van der Waals surface area contributed by atoms with E-state index in [-0.39, 0.29) is 0 Å². The summed E-state index contributed by atoms with van der Waals surface area (Å²) >= 11 is 1.35. The quantitative estimate of drug-likeness (QED) is 0.789. The molecular formula is C10H10N2S. The molecule has 0 unspecified atom stereocenters. The number of hydrogen-bond acceptors (Lipinski definition) is 3. The summed E-state index contributed by atoms with van der Waals surface area (Å²) in [6.07, 6.45) is 0.870. The number of nitrogens with two attached hydrogens (primary N) is 1. The van der Waals surface area contributed by atoms with E-state index in [1.54, 1.807) is 0 Å². The SMILES string of the molecule is Nc1cc(Cc2ccccc2)ns1. The predicted octanol–water partition coefficient (Wildman–Crippen LogP) is 2.32. The van der Waals surface area contributed by atoms with Crippen molar-refractivity contribution >= 4 is 16.5 Å². The molecule has 0 saturated heterocycles. The van der Waals surface area contributed by atoms with Gasteiger partial charge < -0.3 is 5.73 Å². The molecule has 2 N–H and O–H groups in total. The number of nitrogen functional groups attached to an aromatic ring is 1. The van der Waals surface area contributed by atoms with E-state index < -0.39 is 0 Å².